The first-order valence-electron chi connectivity index (χ1n) is 8.93. The molecule has 0 amide bonds. The van der Waals surface area contributed by atoms with Crippen LogP contribution in [0.3, 0.4) is 0 Å². The topological polar surface area (TPSA) is 312 Å². The minimum Gasteiger partial charge on any atom is -0.387 e. The smallest absolute Gasteiger partial charge is 0.387 e. The SMILES string of the molecule is NCc1cn([C@@H]2O[C@H](COP(=O)(O)OP(=O)(O)OP(=O)(O)O)C(O)C2O)c2nc(N)[nH]c(=O)c12. The van der Waals surface area contributed by atoms with Gasteiger partial charge in [-0.15, -0.1) is 0 Å². The van der Waals surface area contributed by atoms with Crippen LogP contribution in [-0.4, -0.2) is 69.2 Å². The number of aliphatic hydroxyl groups is 2. The number of fused-ring (bicyclic) bond motifs is 1. The molecule has 1 aliphatic rings. The summed E-state index contributed by atoms with van der Waals surface area (Å²) in [5.41, 5.74) is 10.8. The molecule has 0 saturated carbocycles. The lowest BCUT2D eigenvalue weighted by Crippen LogP contribution is -2.33. The van der Waals surface area contributed by atoms with E-state index in [-0.39, 0.29) is 23.5 Å². The largest absolute Gasteiger partial charge is 0.490 e. The molecule has 0 spiro atoms. The van der Waals surface area contributed by atoms with Crippen molar-refractivity contribution in [3.8, 4) is 0 Å². The number of rotatable bonds is 9. The van der Waals surface area contributed by atoms with Crippen molar-refractivity contribution in [1.82, 2.24) is 14.5 Å². The van der Waals surface area contributed by atoms with Crippen LogP contribution in [0.2, 0.25) is 0 Å². The average Bonchev–Trinajstić information content (AvgIpc) is 3.15. The number of aliphatic hydroxyl groups excluding tert-OH is 2. The van der Waals surface area contributed by atoms with Gasteiger partial charge in [-0.2, -0.15) is 13.6 Å². The Kier molecular flexibility index (Phi) is 7.56. The van der Waals surface area contributed by atoms with Crippen molar-refractivity contribution in [1.29, 1.82) is 0 Å². The van der Waals surface area contributed by atoms with E-state index < -0.39 is 60.2 Å². The Labute approximate surface area is 188 Å². The Morgan fingerprint density at radius 3 is 2.35 bits per heavy atom. The highest BCUT2D eigenvalue weighted by Gasteiger charge is 2.47. The molecule has 1 aliphatic heterocycles. The first-order chi connectivity index (χ1) is 15.5. The van der Waals surface area contributed by atoms with Crippen LogP contribution in [0.25, 0.3) is 11.0 Å². The number of nitrogens with one attached hydrogen (secondary N) is 1. The summed E-state index contributed by atoms with van der Waals surface area (Å²) in [6, 6.07) is 0. The van der Waals surface area contributed by atoms with Crippen molar-refractivity contribution < 1.29 is 61.4 Å². The molecule has 11 N–H and O–H groups in total. The van der Waals surface area contributed by atoms with Crippen molar-refractivity contribution >= 4 is 40.4 Å². The van der Waals surface area contributed by atoms with Crippen LogP contribution in [0.5, 0.6) is 0 Å². The van der Waals surface area contributed by atoms with Gasteiger partial charge < -0.3 is 50.6 Å². The van der Waals surface area contributed by atoms with E-state index in [1.165, 1.54) is 6.20 Å². The monoisotopic (exact) mass is 551 g/mol. The van der Waals surface area contributed by atoms with E-state index in [2.05, 4.69) is 23.1 Å². The fourth-order valence-corrected chi connectivity index (χ4v) is 6.19. The summed E-state index contributed by atoms with van der Waals surface area (Å²) in [4.78, 5) is 54.2. The molecule has 1 fully saturated rings. The number of anilines is 1. The molecule has 34 heavy (non-hydrogen) atoms. The Morgan fingerprint density at radius 1 is 1.12 bits per heavy atom. The van der Waals surface area contributed by atoms with E-state index in [9.17, 15) is 33.6 Å². The van der Waals surface area contributed by atoms with Crippen LogP contribution < -0.4 is 17.0 Å². The second-order valence-electron chi connectivity index (χ2n) is 6.85. The number of H-pyrrole nitrogens is 1. The molecule has 2 aromatic rings. The summed E-state index contributed by atoms with van der Waals surface area (Å²) >= 11 is 0. The van der Waals surface area contributed by atoms with Gasteiger partial charge in [-0.3, -0.25) is 14.3 Å². The molecular weight excluding hydrogens is 531 g/mol. The van der Waals surface area contributed by atoms with Gasteiger partial charge in [0.25, 0.3) is 5.56 Å². The molecule has 3 rings (SSSR count). The van der Waals surface area contributed by atoms with Crippen molar-refractivity contribution in [3.05, 3.63) is 22.1 Å². The van der Waals surface area contributed by atoms with Crippen molar-refractivity contribution in [2.75, 3.05) is 12.3 Å². The van der Waals surface area contributed by atoms with Gasteiger partial charge in [-0.1, -0.05) is 0 Å². The number of nitrogens with zero attached hydrogens (tertiary/aromatic N) is 2. The van der Waals surface area contributed by atoms with Crippen LogP contribution in [0, 0.1) is 0 Å². The molecule has 1 saturated heterocycles. The highest BCUT2D eigenvalue weighted by molar-refractivity contribution is 7.66. The minimum atomic E-state index is -5.74. The van der Waals surface area contributed by atoms with Gasteiger partial charge in [0.1, 0.15) is 18.3 Å². The zero-order chi connectivity index (χ0) is 25.6. The molecule has 0 aromatic carbocycles. The van der Waals surface area contributed by atoms with Crippen molar-refractivity contribution in [2.24, 2.45) is 5.73 Å². The van der Waals surface area contributed by atoms with E-state index >= 15 is 0 Å². The second kappa shape index (κ2) is 9.50. The number of hydrogen-bond donors (Lipinski definition) is 9. The highest BCUT2D eigenvalue weighted by atomic mass is 31.3. The van der Waals surface area contributed by atoms with E-state index in [1.54, 1.807) is 0 Å². The zero-order valence-corrected chi connectivity index (χ0v) is 19.3. The summed E-state index contributed by atoms with van der Waals surface area (Å²) in [7, 11) is -16.8. The Morgan fingerprint density at radius 2 is 1.76 bits per heavy atom. The fraction of sp³-hybridized carbons (Fsp3) is 0.500. The molecule has 3 heterocycles. The standard InChI is InChI=1S/C12H20N5O14P3/c13-1-4-2-17(9-6(4)10(20)16-12(14)15-9)11-8(19)7(18)5(29-11)3-28-33(24,25)31-34(26,27)30-32(21,22)23/h2,5,7-8,11,18-19H,1,3,13H2,(H,24,25)(H,26,27)(H2,21,22,23)(H3,14,15,16,20)/t5-,7?,8?,11-/m1/s1. The van der Waals surface area contributed by atoms with Crippen molar-refractivity contribution in [2.45, 2.75) is 31.1 Å². The van der Waals surface area contributed by atoms with Crippen molar-refractivity contribution in [3.63, 3.8) is 0 Å². The summed E-state index contributed by atoms with van der Waals surface area (Å²) < 4.78 is 52.1. The maximum absolute atomic E-state index is 12.2. The number of nitrogen functional groups attached to an aromatic ring is 1. The van der Waals surface area contributed by atoms with Crippen LogP contribution in [0.1, 0.15) is 11.8 Å². The lowest BCUT2D eigenvalue weighted by molar-refractivity contribution is -0.0501. The molecule has 19 nitrogen and oxygen atoms in total. The number of aromatic nitrogens is 3. The number of aromatic amines is 1. The predicted octanol–water partition coefficient (Wildman–Crippen LogP) is -2.27. The van der Waals surface area contributed by atoms with Gasteiger partial charge in [-0.05, 0) is 5.56 Å². The third-order valence-corrected chi connectivity index (χ3v) is 8.23. The fourth-order valence-electron chi connectivity index (χ4n) is 3.16. The Bertz CT molecular complexity index is 1270. The van der Waals surface area contributed by atoms with Crippen LogP contribution in [0.15, 0.2) is 11.0 Å². The number of nitrogens with two attached hydrogens (primary N) is 2. The van der Waals surface area contributed by atoms with E-state index in [1.807, 2.05) is 0 Å². The highest BCUT2D eigenvalue weighted by Crippen LogP contribution is 2.66. The molecule has 4 unspecified atom stereocenters. The number of hydrogen-bond acceptors (Lipinski definition) is 13. The lowest BCUT2D eigenvalue weighted by atomic mass is 10.1. The van der Waals surface area contributed by atoms with Crippen LogP contribution in [-0.2, 0) is 38.1 Å². The number of phosphoric ester groups is 1. The number of phosphoric acid groups is 3. The molecule has 22 heteroatoms. The molecule has 0 radical (unpaired) electrons. The average molecular weight is 551 g/mol. The molecule has 0 aliphatic carbocycles. The van der Waals surface area contributed by atoms with E-state index in [0.717, 1.165) is 4.57 Å². The van der Waals surface area contributed by atoms with E-state index in [4.69, 9.17) is 30.9 Å². The first-order valence-corrected chi connectivity index (χ1v) is 13.4. The maximum Gasteiger partial charge on any atom is 0.490 e. The lowest BCUT2D eigenvalue weighted by Gasteiger charge is -2.19. The van der Waals surface area contributed by atoms with Gasteiger partial charge in [0, 0.05) is 12.7 Å². The first kappa shape index (κ1) is 27.1. The minimum absolute atomic E-state index is 0.0405. The van der Waals surface area contributed by atoms with Crippen LogP contribution >= 0.6 is 23.5 Å². The quantitative estimate of drug-likeness (QED) is 0.148. The molecule has 2 aromatic heterocycles. The van der Waals surface area contributed by atoms with Crippen LogP contribution in [0.4, 0.5) is 5.95 Å². The molecule has 192 valence electrons. The third kappa shape index (κ3) is 5.99. The second-order valence-corrected chi connectivity index (χ2v) is 11.3. The summed E-state index contributed by atoms with van der Waals surface area (Å²) in [6.45, 7) is -1.13. The Hall–Kier alpha value is -1.53. The van der Waals surface area contributed by atoms with Gasteiger partial charge in [0.05, 0.1) is 12.0 Å². The number of ether oxygens (including phenoxy) is 1. The molecular formula is C12H20N5O14P3. The molecule has 0 bridgehead atoms. The summed E-state index contributed by atoms with van der Waals surface area (Å²) in [5, 5.41) is 20.7. The zero-order valence-electron chi connectivity index (χ0n) is 16.6. The maximum atomic E-state index is 12.2. The summed E-state index contributed by atoms with van der Waals surface area (Å²) in [5.74, 6) is -0.266. The Balaban J connectivity index is 1.79. The van der Waals surface area contributed by atoms with Gasteiger partial charge in [0.2, 0.25) is 5.95 Å². The van der Waals surface area contributed by atoms with Gasteiger partial charge >= 0.3 is 23.5 Å². The van der Waals surface area contributed by atoms with E-state index in [0.29, 0.717) is 5.56 Å². The normalized spacial score (nSPS) is 27.0. The molecule has 6 atom stereocenters. The summed E-state index contributed by atoms with van der Waals surface area (Å²) in [6.07, 6.45) is -5.09. The predicted molar refractivity (Wildman–Crippen MR) is 108 cm³/mol. The van der Waals surface area contributed by atoms with Gasteiger partial charge in [0.15, 0.2) is 11.9 Å². The third-order valence-electron chi connectivity index (χ3n) is 4.43. The van der Waals surface area contributed by atoms with Gasteiger partial charge in [-0.25, -0.2) is 13.7 Å².